The molecule has 0 amide bonds. The van der Waals surface area contributed by atoms with Gasteiger partial charge in [-0.3, -0.25) is 4.90 Å². The van der Waals surface area contributed by atoms with E-state index < -0.39 is 0 Å². The molecule has 0 unspecified atom stereocenters. The predicted molar refractivity (Wildman–Crippen MR) is 94.5 cm³/mol. The van der Waals surface area contributed by atoms with Crippen LogP contribution in [0, 0.1) is 12.0 Å². The maximum Gasteiger partial charge on any atom is 0.123 e. The average molecular weight is 320 g/mol. The Morgan fingerprint density at radius 1 is 0.958 bits per heavy atom. The summed E-state index contributed by atoms with van der Waals surface area (Å²) in [7, 11) is 0. The second-order valence-electron chi connectivity index (χ2n) is 6.20. The van der Waals surface area contributed by atoms with Crippen molar-refractivity contribution < 1.29 is 4.39 Å². The summed E-state index contributed by atoms with van der Waals surface area (Å²) in [5, 5.41) is 1.15. The highest BCUT2D eigenvalue weighted by Gasteiger charge is 2.18. The van der Waals surface area contributed by atoms with Crippen molar-refractivity contribution in [2.24, 2.45) is 0 Å². The smallest absolute Gasteiger partial charge is 0.123 e. The van der Waals surface area contributed by atoms with Crippen LogP contribution in [0.2, 0.25) is 0 Å². The van der Waals surface area contributed by atoms with Gasteiger partial charge in [-0.2, -0.15) is 0 Å². The average Bonchev–Trinajstić information content (AvgIpc) is 2.64. The van der Waals surface area contributed by atoms with E-state index in [1.165, 1.54) is 12.1 Å². The van der Waals surface area contributed by atoms with E-state index in [0.29, 0.717) is 0 Å². The standard InChI is InChI=1S/C20H19FN3/c21-18-7-5-16(6-8-18)15-23-9-11-24(12-10-23)19-13-17-3-1-2-4-20(17)22-14-19/h1-8,13H,9-12,15H2. The van der Waals surface area contributed by atoms with Crippen LogP contribution in [-0.4, -0.2) is 36.1 Å². The number of para-hydroxylation sites is 1. The molecule has 1 aromatic heterocycles. The molecule has 1 aliphatic heterocycles. The Balaban J connectivity index is 1.40. The fourth-order valence-electron chi connectivity index (χ4n) is 3.17. The fraction of sp³-hybridized carbons (Fsp3) is 0.250. The molecule has 1 saturated heterocycles. The first-order valence-corrected chi connectivity index (χ1v) is 8.27. The van der Waals surface area contributed by atoms with Crippen LogP contribution >= 0.6 is 0 Å². The highest BCUT2D eigenvalue weighted by molar-refractivity contribution is 5.81. The van der Waals surface area contributed by atoms with Gasteiger partial charge in [0, 0.05) is 38.1 Å². The van der Waals surface area contributed by atoms with Crippen molar-refractivity contribution >= 4 is 16.6 Å². The predicted octanol–water partition coefficient (Wildman–Crippen LogP) is 3.50. The summed E-state index contributed by atoms with van der Waals surface area (Å²) in [6.07, 6.45) is 3.17. The Kier molecular flexibility index (Phi) is 4.13. The number of rotatable bonds is 3. The summed E-state index contributed by atoms with van der Waals surface area (Å²) in [5.41, 5.74) is 3.20. The summed E-state index contributed by atoms with van der Waals surface area (Å²) >= 11 is 0. The lowest BCUT2D eigenvalue weighted by Crippen LogP contribution is -2.46. The van der Waals surface area contributed by atoms with Crippen LogP contribution in [0.3, 0.4) is 0 Å². The number of benzene rings is 2. The van der Waals surface area contributed by atoms with Crippen molar-refractivity contribution in [2.75, 3.05) is 31.1 Å². The molecule has 0 N–H and O–H groups in total. The Morgan fingerprint density at radius 3 is 2.50 bits per heavy atom. The molecule has 1 radical (unpaired) electrons. The Labute approximate surface area is 141 Å². The van der Waals surface area contributed by atoms with Crippen molar-refractivity contribution in [3.63, 3.8) is 0 Å². The summed E-state index contributed by atoms with van der Waals surface area (Å²) < 4.78 is 13.0. The Bertz CT molecular complexity index is 824. The highest BCUT2D eigenvalue weighted by Crippen LogP contribution is 2.21. The molecule has 3 nitrogen and oxygen atoms in total. The Morgan fingerprint density at radius 2 is 1.71 bits per heavy atom. The number of anilines is 1. The van der Waals surface area contributed by atoms with Crippen LogP contribution in [0.1, 0.15) is 5.56 Å². The van der Waals surface area contributed by atoms with Gasteiger partial charge in [0.25, 0.3) is 0 Å². The van der Waals surface area contributed by atoms with Crippen LogP contribution < -0.4 is 4.90 Å². The van der Waals surface area contributed by atoms with Crippen LogP contribution in [0.4, 0.5) is 10.1 Å². The van der Waals surface area contributed by atoms with E-state index in [0.717, 1.165) is 54.9 Å². The summed E-state index contributed by atoms with van der Waals surface area (Å²) in [6.45, 7) is 4.75. The molecule has 1 aliphatic rings. The minimum Gasteiger partial charge on any atom is -0.367 e. The van der Waals surface area contributed by atoms with Crippen molar-refractivity contribution in [1.82, 2.24) is 9.88 Å². The maximum atomic E-state index is 13.0. The zero-order valence-corrected chi connectivity index (χ0v) is 13.5. The minimum atomic E-state index is -0.178. The number of hydrogen-bond acceptors (Lipinski definition) is 3. The topological polar surface area (TPSA) is 19.4 Å². The molecule has 4 heteroatoms. The lowest BCUT2D eigenvalue weighted by atomic mass is 10.1. The lowest BCUT2D eigenvalue weighted by molar-refractivity contribution is 0.249. The van der Waals surface area contributed by atoms with E-state index in [1.54, 1.807) is 0 Å². The van der Waals surface area contributed by atoms with Gasteiger partial charge >= 0.3 is 0 Å². The van der Waals surface area contributed by atoms with Gasteiger partial charge < -0.3 is 4.90 Å². The maximum absolute atomic E-state index is 13.0. The third kappa shape index (κ3) is 3.24. The molecule has 121 valence electrons. The third-order valence-electron chi connectivity index (χ3n) is 4.55. The molecule has 3 aromatic rings. The first-order valence-electron chi connectivity index (χ1n) is 8.27. The van der Waals surface area contributed by atoms with E-state index in [4.69, 9.17) is 0 Å². The second kappa shape index (κ2) is 6.57. The summed E-state index contributed by atoms with van der Waals surface area (Å²) in [5.74, 6) is -0.178. The van der Waals surface area contributed by atoms with Crippen LogP contribution in [0.25, 0.3) is 10.9 Å². The molecule has 0 bridgehead atoms. The number of piperazine rings is 1. The van der Waals surface area contributed by atoms with E-state index >= 15 is 0 Å². The molecular weight excluding hydrogens is 301 g/mol. The second-order valence-corrected chi connectivity index (χ2v) is 6.20. The van der Waals surface area contributed by atoms with Gasteiger partial charge in [0.2, 0.25) is 0 Å². The van der Waals surface area contributed by atoms with E-state index in [2.05, 4.69) is 33.1 Å². The zero-order chi connectivity index (χ0) is 16.4. The molecule has 0 atom stereocenters. The molecule has 0 aliphatic carbocycles. The number of halogens is 1. The van der Waals surface area contributed by atoms with Gasteiger partial charge in [0.15, 0.2) is 0 Å². The fourth-order valence-corrected chi connectivity index (χ4v) is 3.17. The molecule has 2 aromatic carbocycles. The van der Waals surface area contributed by atoms with Crippen molar-refractivity contribution in [2.45, 2.75) is 6.54 Å². The van der Waals surface area contributed by atoms with Gasteiger partial charge in [-0.15, -0.1) is 0 Å². The summed E-state index contributed by atoms with van der Waals surface area (Å²) in [4.78, 5) is 9.17. The van der Waals surface area contributed by atoms with Crippen LogP contribution in [0.5, 0.6) is 0 Å². The Hall–Kier alpha value is -2.46. The van der Waals surface area contributed by atoms with Crippen LogP contribution in [-0.2, 0) is 6.54 Å². The first-order chi connectivity index (χ1) is 11.8. The van der Waals surface area contributed by atoms with Gasteiger partial charge in [0.05, 0.1) is 11.2 Å². The van der Waals surface area contributed by atoms with Gasteiger partial charge in [0.1, 0.15) is 12.0 Å². The lowest BCUT2D eigenvalue weighted by Gasteiger charge is -2.35. The number of pyridine rings is 1. The SMILES string of the molecule is Fc1ccc(CN2CCN(c3[c]nc4ccccc4c3)CC2)cc1. The largest absolute Gasteiger partial charge is 0.367 e. The molecule has 2 heterocycles. The normalized spacial score (nSPS) is 15.8. The van der Waals surface area contributed by atoms with E-state index in [1.807, 2.05) is 30.3 Å². The van der Waals surface area contributed by atoms with Crippen molar-refractivity contribution in [3.8, 4) is 0 Å². The number of hydrogen-bond donors (Lipinski definition) is 0. The quantitative estimate of drug-likeness (QED) is 0.736. The van der Waals surface area contributed by atoms with Crippen molar-refractivity contribution in [3.05, 3.63) is 72.2 Å². The number of aromatic nitrogens is 1. The first kappa shape index (κ1) is 15.1. The summed E-state index contributed by atoms with van der Waals surface area (Å²) in [6, 6.07) is 17.1. The monoisotopic (exact) mass is 320 g/mol. The molecule has 0 spiro atoms. The highest BCUT2D eigenvalue weighted by atomic mass is 19.1. The molecule has 24 heavy (non-hydrogen) atoms. The van der Waals surface area contributed by atoms with Gasteiger partial charge in [-0.25, -0.2) is 9.37 Å². The zero-order valence-electron chi connectivity index (χ0n) is 13.5. The minimum absolute atomic E-state index is 0.178. The molecule has 0 saturated carbocycles. The third-order valence-corrected chi connectivity index (χ3v) is 4.55. The molecular formula is C20H19FN3. The number of fused-ring (bicyclic) bond motifs is 1. The van der Waals surface area contributed by atoms with Crippen molar-refractivity contribution in [1.29, 1.82) is 0 Å². The number of nitrogens with zero attached hydrogens (tertiary/aromatic N) is 3. The van der Waals surface area contributed by atoms with Gasteiger partial charge in [-0.05, 0) is 29.8 Å². The van der Waals surface area contributed by atoms with Gasteiger partial charge in [-0.1, -0.05) is 30.3 Å². The molecule has 4 rings (SSSR count). The molecule has 1 fully saturated rings. The van der Waals surface area contributed by atoms with E-state index in [-0.39, 0.29) is 5.82 Å². The van der Waals surface area contributed by atoms with Crippen LogP contribution in [0.15, 0.2) is 54.6 Å². The van der Waals surface area contributed by atoms with E-state index in [9.17, 15) is 4.39 Å².